The Balaban J connectivity index is 4.69. The van der Waals surface area contributed by atoms with Gasteiger partial charge in [-0.3, -0.25) is 9.59 Å². The van der Waals surface area contributed by atoms with E-state index in [1.807, 2.05) is 60.8 Å². The van der Waals surface area contributed by atoms with Crippen molar-refractivity contribution in [2.45, 2.75) is 270 Å². The second-order valence-corrected chi connectivity index (χ2v) is 19.1. The highest BCUT2D eigenvalue weighted by molar-refractivity contribution is 5.77. The molecule has 69 heavy (non-hydrogen) atoms. The Hall–Kier alpha value is -3.48. The smallest absolute Gasteiger partial charge is 0.306 e. The monoisotopic (exact) mass is 958 g/mol. The molecule has 6 nitrogen and oxygen atoms in total. The summed E-state index contributed by atoms with van der Waals surface area (Å²) in [6.45, 7) is 6.30. The molecule has 0 aliphatic rings. The summed E-state index contributed by atoms with van der Waals surface area (Å²) in [7, 11) is 0. The number of allylic oxidation sites excluding steroid dienone is 18. The lowest BCUT2D eigenvalue weighted by molar-refractivity contribution is -0.151. The number of carbonyl (C=O) groups is 2. The average Bonchev–Trinajstić information content (AvgIpc) is 3.34. The maximum atomic E-state index is 13.3. The minimum atomic E-state index is -0.818. The molecule has 1 amide bonds. The van der Waals surface area contributed by atoms with Crippen LogP contribution in [0.4, 0.5) is 0 Å². The first kappa shape index (κ1) is 65.5. The first-order valence-electron chi connectivity index (χ1n) is 28.7. The third kappa shape index (κ3) is 50.7. The van der Waals surface area contributed by atoms with Gasteiger partial charge < -0.3 is 20.3 Å². The van der Waals surface area contributed by atoms with Crippen molar-refractivity contribution in [1.29, 1.82) is 0 Å². The first-order chi connectivity index (χ1) is 34.0. The van der Waals surface area contributed by atoms with Crippen LogP contribution in [-0.2, 0) is 14.3 Å². The van der Waals surface area contributed by atoms with E-state index in [1.165, 1.54) is 128 Å². The zero-order valence-corrected chi connectivity index (χ0v) is 44.9. The zero-order valence-electron chi connectivity index (χ0n) is 44.9. The summed E-state index contributed by atoms with van der Waals surface area (Å²) in [4.78, 5) is 26.3. The first-order valence-corrected chi connectivity index (χ1v) is 28.7. The maximum absolute atomic E-state index is 13.3. The number of unbranched alkanes of at least 4 members (excludes halogenated alkanes) is 25. The van der Waals surface area contributed by atoms with Crippen LogP contribution in [-0.4, -0.2) is 46.9 Å². The predicted molar refractivity (Wildman–Crippen MR) is 300 cm³/mol. The van der Waals surface area contributed by atoms with Crippen molar-refractivity contribution in [2.24, 2.45) is 0 Å². The molecule has 0 aromatic rings. The van der Waals surface area contributed by atoms with Crippen LogP contribution in [0.1, 0.15) is 252 Å². The molecular formula is C63H107NO5. The van der Waals surface area contributed by atoms with Gasteiger partial charge in [0.15, 0.2) is 0 Å². The highest BCUT2D eigenvalue weighted by Gasteiger charge is 2.24. The maximum Gasteiger partial charge on any atom is 0.306 e. The standard InChI is InChI=1S/C63H107NO5/c1-4-7-10-13-16-19-22-25-28-30-31-32-35-38-41-44-47-50-53-56-63(68)69-59(54-51-48-45-42-39-36-33-27-24-21-18-15-12-9-6-3)57-62(67)64-60(58-65)61(66)55-52-49-46-43-40-37-34-29-26-23-20-17-14-11-8-5-2/h9,12,15-16,18-19,21,24-25,27-28,31-33,36,39,42,45,59-61,65-66H,4-8,10-11,13-14,17,20,22-23,26,29-30,34-35,37-38,40-41,43-44,46-58H2,1-3H3,(H,64,67)/b12-9-,18-15+,19-16-,24-21+,28-25-,32-31-,33-27-,39-36+,45-42+. The van der Waals surface area contributed by atoms with Crippen molar-refractivity contribution in [3.05, 3.63) is 109 Å². The Morgan fingerprint density at radius 3 is 1.36 bits per heavy atom. The van der Waals surface area contributed by atoms with Gasteiger partial charge in [-0.15, -0.1) is 0 Å². The SMILES string of the molecule is CC\C=C/C=C/C=C/C=C\C=C\C=C\CCCC(CC(=O)NC(CO)C(O)CCCCCCCCCCCCCCCCCC)OC(=O)CCCCCCCC/C=C\C/C=C\C/C=C\CCCCC. The Morgan fingerprint density at radius 1 is 0.449 bits per heavy atom. The summed E-state index contributed by atoms with van der Waals surface area (Å²) in [5.74, 6) is -0.568. The number of hydrogen-bond acceptors (Lipinski definition) is 5. The molecule has 3 atom stereocenters. The summed E-state index contributed by atoms with van der Waals surface area (Å²) < 4.78 is 5.91. The molecular weight excluding hydrogens is 851 g/mol. The molecule has 0 saturated carbocycles. The summed E-state index contributed by atoms with van der Waals surface area (Å²) in [5.41, 5.74) is 0. The molecule has 0 fully saturated rings. The third-order valence-corrected chi connectivity index (χ3v) is 12.5. The number of amides is 1. The van der Waals surface area contributed by atoms with Crippen LogP contribution in [0.15, 0.2) is 109 Å². The second kappa shape index (κ2) is 55.4. The molecule has 0 aliphatic heterocycles. The van der Waals surface area contributed by atoms with Crippen LogP contribution in [0.3, 0.4) is 0 Å². The van der Waals surface area contributed by atoms with Crippen molar-refractivity contribution in [3.8, 4) is 0 Å². The van der Waals surface area contributed by atoms with Crippen LogP contribution >= 0.6 is 0 Å². The van der Waals surface area contributed by atoms with Gasteiger partial charge in [-0.25, -0.2) is 0 Å². The van der Waals surface area contributed by atoms with Gasteiger partial charge in [0.05, 0.1) is 25.2 Å². The predicted octanol–water partition coefficient (Wildman–Crippen LogP) is 17.8. The van der Waals surface area contributed by atoms with Crippen LogP contribution in [0.2, 0.25) is 0 Å². The van der Waals surface area contributed by atoms with E-state index >= 15 is 0 Å². The summed E-state index contributed by atoms with van der Waals surface area (Å²) >= 11 is 0. The summed E-state index contributed by atoms with van der Waals surface area (Å²) in [5, 5.41) is 23.9. The van der Waals surface area contributed by atoms with Gasteiger partial charge in [-0.2, -0.15) is 0 Å². The van der Waals surface area contributed by atoms with Crippen LogP contribution in [0.25, 0.3) is 0 Å². The molecule has 0 bridgehead atoms. The minimum Gasteiger partial charge on any atom is -0.462 e. The van der Waals surface area contributed by atoms with E-state index in [9.17, 15) is 19.8 Å². The molecule has 394 valence electrons. The van der Waals surface area contributed by atoms with Crippen LogP contribution in [0, 0.1) is 0 Å². The Kier molecular flexibility index (Phi) is 52.7. The van der Waals surface area contributed by atoms with E-state index < -0.39 is 18.2 Å². The van der Waals surface area contributed by atoms with E-state index in [-0.39, 0.29) is 24.9 Å². The molecule has 6 heteroatoms. The van der Waals surface area contributed by atoms with Crippen molar-refractivity contribution >= 4 is 11.9 Å². The van der Waals surface area contributed by atoms with Gasteiger partial charge in [0.1, 0.15) is 6.10 Å². The highest BCUT2D eigenvalue weighted by Crippen LogP contribution is 2.17. The van der Waals surface area contributed by atoms with E-state index in [4.69, 9.17) is 4.74 Å². The van der Waals surface area contributed by atoms with Gasteiger partial charge in [0, 0.05) is 6.42 Å². The molecule has 3 unspecified atom stereocenters. The van der Waals surface area contributed by atoms with Crippen molar-refractivity contribution < 1.29 is 24.5 Å². The van der Waals surface area contributed by atoms with Gasteiger partial charge in [0.25, 0.3) is 0 Å². The molecule has 0 spiro atoms. The molecule has 0 heterocycles. The lowest BCUT2D eigenvalue weighted by atomic mass is 10.0. The fraction of sp³-hybridized carbons (Fsp3) is 0.683. The van der Waals surface area contributed by atoms with Crippen LogP contribution < -0.4 is 5.32 Å². The molecule has 3 N–H and O–H groups in total. The lowest BCUT2D eigenvalue weighted by Gasteiger charge is -2.24. The number of aliphatic hydroxyl groups excluding tert-OH is 2. The van der Waals surface area contributed by atoms with E-state index in [2.05, 4.69) is 74.7 Å². The number of hydrogen-bond donors (Lipinski definition) is 3. The average molecular weight is 959 g/mol. The van der Waals surface area contributed by atoms with E-state index in [0.717, 1.165) is 77.0 Å². The van der Waals surface area contributed by atoms with Crippen molar-refractivity contribution in [2.75, 3.05) is 6.61 Å². The number of ether oxygens (including phenoxy) is 1. The fourth-order valence-electron chi connectivity index (χ4n) is 8.18. The molecule has 0 aromatic heterocycles. The number of nitrogens with one attached hydrogen (secondary N) is 1. The van der Waals surface area contributed by atoms with E-state index in [1.54, 1.807) is 0 Å². The van der Waals surface area contributed by atoms with Gasteiger partial charge in [-0.1, -0.05) is 271 Å². The Labute approximate surface area is 426 Å². The fourth-order valence-corrected chi connectivity index (χ4v) is 8.18. The third-order valence-electron chi connectivity index (χ3n) is 12.5. The van der Waals surface area contributed by atoms with Crippen LogP contribution in [0.5, 0.6) is 0 Å². The summed E-state index contributed by atoms with van der Waals surface area (Å²) in [6, 6.07) is -0.737. The quantitative estimate of drug-likeness (QED) is 0.0244. The molecule has 0 aliphatic carbocycles. The summed E-state index contributed by atoms with van der Waals surface area (Å²) in [6.07, 6.45) is 75.8. The minimum absolute atomic E-state index is 0.0152. The van der Waals surface area contributed by atoms with Crippen molar-refractivity contribution in [1.82, 2.24) is 5.32 Å². The lowest BCUT2D eigenvalue weighted by Crippen LogP contribution is -2.46. The number of rotatable bonds is 50. The zero-order chi connectivity index (χ0) is 50.2. The van der Waals surface area contributed by atoms with Gasteiger partial charge in [0.2, 0.25) is 5.91 Å². The van der Waals surface area contributed by atoms with Crippen molar-refractivity contribution in [3.63, 3.8) is 0 Å². The molecule has 0 rings (SSSR count). The largest absolute Gasteiger partial charge is 0.462 e. The molecule has 0 radical (unpaired) electrons. The topological polar surface area (TPSA) is 95.9 Å². The number of aliphatic hydroxyl groups is 2. The van der Waals surface area contributed by atoms with Gasteiger partial charge >= 0.3 is 5.97 Å². The number of carbonyl (C=O) groups excluding carboxylic acids is 2. The Bertz CT molecular complexity index is 1400. The highest BCUT2D eigenvalue weighted by atomic mass is 16.5. The number of esters is 1. The Morgan fingerprint density at radius 2 is 0.855 bits per heavy atom. The van der Waals surface area contributed by atoms with Gasteiger partial charge in [-0.05, 0) is 77.0 Å². The van der Waals surface area contributed by atoms with E-state index in [0.29, 0.717) is 19.3 Å². The second-order valence-electron chi connectivity index (χ2n) is 19.1. The normalized spacial score (nSPS) is 14.0. The molecule has 0 saturated heterocycles. The molecule has 0 aromatic carbocycles.